The van der Waals surface area contributed by atoms with Crippen LogP contribution in [0.3, 0.4) is 0 Å². The average molecular weight is 240 g/mol. The lowest BCUT2D eigenvalue weighted by atomic mass is 10.2. The Balaban J connectivity index is 1.88. The first-order chi connectivity index (χ1) is 8.88. The van der Waals surface area contributed by atoms with E-state index in [2.05, 4.69) is 6.58 Å². The van der Waals surface area contributed by atoms with Crippen LogP contribution in [0.15, 0.2) is 73.3 Å². The zero-order valence-corrected chi connectivity index (χ0v) is 10.2. The molecule has 0 spiro atoms. The Morgan fingerprint density at radius 1 is 0.944 bits per heavy atom. The Labute approximate surface area is 107 Å². The van der Waals surface area contributed by atoms with E-state index in [4.69, 9.17) is 9.47 Å². The smallest absolute Gasteiger partial charge is 0.219 e. The van der Waals surface area contributed by atoms with Crippen molar-refractivity contribution in [3.8, 4) is 5.75 Å². The van der Waals surface area contributed by atoms with Crippen molar-refractivity contribution in [2.24, 2.45) is 0 Å². The van der Waals surface area contributed by atoms with Gasteiger partial charge in [-0.2, -0.15) is 0 Å². The van der Waals surface area contributed by atoms with Gasteiger partial charge in [-0.05, 0) is 23.8 Å². The third-order valence-electron chi connectivity index (χ3n) is 2.44. The van der Waals surface area contributed by atoms with Crippen molar-refractivity contribution in [2.45, 2.75) is 12.9 Å². The van der Waals surface area contributed by atoms with Gasteiger partial charge in [-0.15, -0.1) is 0 Å². The highest BCUT2D eigenvalue weighted by Crippen LogP contribution is 2.13. The third-order valence-corrected chi connectivity index (χ3v) is 2.44. The van der Waals surface area contributed by atoms with Crippen molar-refractivity contribution in [2.75, 3.05) is 0 Å². The van der Waals surface area contributed by atoms with E-state index in [1.54, 1.807) is 6.08 Å². The van der Waals surface area contributed by atoms with Gasteiger partial charge in [0.2, 0.25) is 6.29 Å². The molecule has 0 amide bonds. The van der Waals surface area contributed by atoms with Crippen LogP contribution < -0.4 is 4.74 Å². The number of rotatable bonds is 6. The second-order valence-corrected chi connectivity index (χ2v) is 3.83. The number of para-hydroxylation sites is 1. The van der Waals surface area contributed by atoms with Crippen LogP contribution in [-0.4, -0.2) is 6.29 Å². The molecule has 1 atom stereocenters. The van der Waals surface area contributed by atoms with E-state index in [0.717, 1.165) is 11.3 Å². The van der Waals surface area contributed by atoms with E-state index in [0.29, 0.717) is 6.61 Å². The Bertz CT molecular complexity index is 465. The molecule has 0 saturated carbocycles. The van der Waals surface area contributed by atoms with E-state index in [-0.39, 0.29) is 0 Å². The van der Waals surface area contributed by atoms with Crippen LogP contribution in [0.1, 0.15) is 5.56 Å². The van der Waals surface area contributed by atoms with Crippen LogP contribution >= 0.6 is 0 Å². The fraction of sp³-hybridized carbons (Fsp3) is 0.125. The Morgan fingerprint density at radius 2 is 1.56 bits per heavy atom. The average Bonchev–Trinajstić information content (AvgIpc) is 2.45. The maximum Gasteiger partial charge on any atom is 0.219 e. The minimum Gasteiger partial charge on any atom is -0.461 e. The third kappa shape index (κ3) is 3.75. The lowest BCUT2D eigenvalue weighted by molar-refractivity contribution is -0.0553. The molecule has 0 aliphatic carbocycles. The van der Waals surface area contributed by atoms with Crippen LogP contribution in [0.2, 0.25) is 0 Å². The van der Waals surface area contributed by atoms with Gasteiger partial charge < -0.3 is 9.47 Å². The van der Waals surface area contributed by atoms with E-state index in [9.17, 15) is 0 Å². The van der Waals surface area contributed by atoms with Crippen LogP contribution in [0.4, 0.5) is 0 Å². The van der Waals surface area contributed by atoms with Crippen molar-refractivity contribution in [1.29, 1.82) is 0 Å². The molecule has 0 aliphatic heterocycles. The molecule has 18 heavy (non-hydrogen) atoms. The van der Waals surface area contributed by atoms with Crippen LogP contribution in [0.25, 0.3) is 0 Å². The molecule has 2 nitrogen and oxygen atoms in total. The van der Waals surface area contributed by atoms with E-state index in [1.165, 1.54) is 0 Å². The predicted octanol–water partition coefficient (Wildman–Crippen LogP) is 3.79. The van der Waals surface area contributed by atoms with Gasteiger partial charge in [-0.3, -0.25) is 0 Å². The number of ether oxygens (including phenoxy) is 2. The molecule has 2 rings (SSSR count). The van der Waals surface area contributed by atoms with Gasteiger partial charge >= 0.3 is 0 Å². The van der Waals surface area contributed by atoms with Crippen LogP contribution in [0.5, 0.6) is 5.75 Å². The quantitative estimate of drug-likeness (QED) is 0.565. The zero-order valence-electron chi connectivity index (χ0n) is 10.2. The summed E-state index contributed by atoms with van der Waals surface area (Å²) >= 11 is 0. The molecule has 2 aromatic carbocycles. The molecule has 0 unspecified atom stereocenters. The summed E-state index contributed by atoms with van der Waals surface area (Å²) in [5.74, 6) is 0.774. The fourth-order valence-corrected chi connectivity index (χ4v) is 1.54. The molecule has 92 valence electrons. The minimum absolute atomic E-state index is 0.437. The first-order valence-electron chi connectivity index (χ1n) is 5.88. The van der Waals surface area contributed by atoms with E-state index in [1.807, 2.05) is 60.7 Å². The summed E-state index contributed by atoms with van der Waals surface area (Å²) in [6, 6.07) is 19.6. The molecule has 0 aromatic heterocycles. The molecule has 2 heteroatoms. The van der Waals surface area contributed by atoms with Gasteiger partial charge in [0.05, 0.1) is 6.61 Å². The number of benzene rings is 2. The summed E-state index contributed by atoms with van der Waals surface area (Å²) < 4.78 is 11.3. The Kier molecular flexibility index (Phi) is 4.56. The van der Waals surface area contributed by atoms with Gasteiger partial charge in [-0.1, -0.05) is 55.1 Å². The zero-order chi connectivity index (χ0) is 12.6. The fourth-order valence-electron chi connectivity index (χ4n) is 1.54. The predicted molar refractivity (Wildman–Crippen MR) is 72.3 cm³/mol. The second kappa shape index (κ2) is 6.62. The first-order valence-corrected chi connectivity index (χ1v) is 5.88. The summed E-state index contributed by atoms with van der Waals surface area (Å²) in [6.07, 6.45) is 1.21. The standard InChI is InChI=1S/C16H16O2/c1-2-16(18-15-11-7-4-8-12-15)17-13-14-9-5-3-6-10-14/h2-12,16H,1,13H2/t16-/m1/s1. The molecule has 0 fully saturated rings. The van der Waals surface area contributed by atoms with Gasteiger partial charge in [0, 0.05) is 0 Å². The summed E-state index contributed by atoms with van der Waals surface area (Å²) in [5, 5.41) is 0. The largest absolute Gasteiger partial charge is 0.461 e. The molecular formula is C16H16O2. The lowest BCUT2D eigenvalue weighted by Gasteiger charge is -2.16. The van der Waals surface area contributed by atoms with Crippen molar-refractivity contribution >= 4 is 0 Å². The van der Waals surface area contributed by atoms with E-state index >= 15 is 0 Å². The number of hydrogen-bond acceptors (Lipinski definition) is 2. The molecule has 0 aliphatic rings. The maximum atomic E-state index is 5.65. The summed E-state index contributed by atoms with van der Waals surface area (Å²) in [5.41, 5.74) is 1.11. The second-order valence-electron chi connectivity index (χ2n) is 3.83. The first kappa shape index (κ1) is 12.4. The van der Waals surface area contributed by atoms with Crippen molar-refractivity contribution in [1.82, 2.24) is 0 Å². The van der Waals surface area contributed by atoms with Gasteiger partial charge in [0.25, 0.3) is 0 Å². The molecule has 0 N–H and O–H groups in total. The SMILES string of the molecule is C=C[C@H](OCc1ccccc1)Oc1ccccc1. The maximum absolute atomic E-state index is 5.65. The molecule has 0 bridgehead atoms. The summed E-state index contributed by atoms with van der Waals surface area (Å²) in [4.78, 5) is 0. The molecular weight excluding hydrogens is 224 g/mol. The summed E-state index contributed by atoms with van der Waals surface area (Å²) in [6.45, 7) is 4.22. The molecule has 0 heterocycles. The number of hydrogen-bond donors (Lipinski definition) is 0. The monoisotopic (exact) mass is 240 g/mol. The highest BCUT2D eigenvalue weighted by molar-refractivity contribution is 5.21. The Hall–Kier alpha value is -2.06. The minimum atomic E-state index is -0.437. The van der Waals surface area contributed by atoms with Crippen LogP contribution in [0, 0.1) is 0 Å². The van der Waals surface area contributed by atoms with Gasteiger partial charge in [0.15, 0.2) is 0 Å². The normalized spacial score (nSPS) is 11.8. The lowest BCUT2D eigenvalue weighted by Crippen LogP contribution is -2.17. The highest BCUT2D eigenvalue weighted by atomic mass is 16.7. The van der Waals surface area contributed by atoms with Crippen molar-refractivity contribution in [3.05, 3.63) is 78.9 Å². The highest BCUT2D eigenvalue weighted by Gasteiger charge is 2.05. The van der Waals surface area contributed by atoms with Gasteiger partial charge in [0.1, 0.15) is 5.75 Å². The van der Waals surface area contributed by atoms with E-state index < -0.39 is 6.29 Å². The molecule has 0 radical (unpaired) electrons. The molecule has 2 aromatic rings. The molecule has 0 saturated heterocycles. The topological polar surface area (TPSA) is 18.5 Å². The van der Waals surface area contributed by atoms with Crippen molar-refractivity contribution < 1.29 is 9.47 Å². The Morgan fingerprint density at radius 3 is 2.17 bits per heavy atom. The van der Waals surface area contributed by atoms with Gasteiger partial charge in [-0.25, -0.2) is 0 Å². The van der Waals surface area contributed by atoms with Crippen molar-refractivity contribution in [3.63, 3.8) is 0 Å². The summed E-state index contributed by atoms with van der Waals surface area (Å²) in [7, 11) is 0. The van der Waals surface area contributed by atoms with Crippen LogP contribution in [-0.2, 0) is 11.3 Å².